The highest BCUT2D eigenvalue weighted by molar-refractivity contribution is 5.76. The van der Waals surface area contributed by atoms with Crippen LogP contribution in [0, 0.1) is 11.3 Å². The fourth-order valence-corrected chi connectivity index (χ4v) is 1.99. The van der Waals surface area contributed by atoms with E-state index in [1.165, 1.54) is 19.3 Å². The predicted molar refractivity (Wildman–Crippen MR) is 62.7 cm³/mol. The Bertz CT molecular complexity index is 210. The van der Waals surface area contributed by atoms with Gasteiger partial charge in [-0.1, -0.05) is 20.3 Å². The lowest BCUT2D eigenvalue weighted by Crippen LogP contribution is -2.41. The molecule has 1 fully saturated rings. The molecule has 0 aromatic carbocycles. The molecule has 0 bridgehead atoms. The van der Waals surface area contributed by atoms with Crippen LogP contribution in [0.3, 0.4) is 0 Å². The second-order valence-electron chi connectivity index (χ2n) is 5.25. The largest absolute Gasteiger partial charge is 0.356 e. The summed E-state index contributed by atoms with van der Waals surface area (Å²) in [6.07, 6.45) is 4.61. The van der Waals surface area contributed by atoms with Gasteiger partial charge in [0.2, 0.25) is 5.91 Å². The minimum Gasteiger partial charge on any atom is -0.356 e. The zero-order valence-electron chi connectivity index (χ0n) is 10.2. The first-order valence-electron chi connectivity index (χ1n) is 5.97. The Kier molecular flexibility index (Phi) is 4.58. The van der Waals surface area contributed by atoms with E-state index in [0.29, 0.717) is 6.42 Å². The number of hydrogen-bond acceptors (Lipinski definition) is 2. The lowest BCUT2D eigenvalue weighted by molar-refractivity contribution is -0.121. The topological polar surface area (TPSA) is 41.1 Å². The summed E-state index contributed by atoms with van der Waals surface area (Å²) in [6, 6.07) is 0. The van der Waals surface area contributed by atoms with Gasteiger partial charge in [-0.3, -0.25) is 4.79 Å². The van der Waals surface area contributed by atoms with Crippen LogP contribution in [-0.4, -0.2) is 26.0 Å². The molecule has 1 aliphatic rings. The van der Waals surface area contributed by atoms with E-state index in [9.17, 15) is 4.79 Å². The Morgan fingerprint density at radius 1 is 1.40 bits per heavy atom. The van der Waals surface area contributed by atoms with Crippen molar-refractivity contribution in [3.63, 3.8) is 0 Å². The van der Waals surface area contributed by atoms with Crippen molar-refractivity contribution in [3.05, 3.63) is 0 Å². The summed E-state index contributed by atoms with van der Waals surface area (Å²) >= 11 is 0. The van der Waals surface area contributed by atoms with Crippen molar-refractivity contribution in [1.29, 1.82) is 0 Å². The molecule has 3 nitrogen and oxygen atoms in total. The van der Waals surface area contributed by atoms with E-state index in [4.69, 9.17) is 0 Å². The third-order valence-corrected chi connectivity index (χ3v) is 3.55. The third kappa shape index (κ3) is 3.82. The fourth-order valence-electron chi connectivity index (χ4n) is 1.99. The van der Waals surface area contributed by atoms with Crippen LogP contribution in [0.15, 0.2) is 0 Å². The van der Waals surface area contributed by atoms with E-state index < -0.39 is 0 Å². The molecule has 0 aromatic heterocycles. The predicted octanol–water partition coefficient (Wildman–Crippen LogP) is 1.54. The van der Waals surface area contributed by atoms with Gasteiger partial charge in [0.15, 0.2) is 0 Å². The zero-order valence-corrected chi connectivity index (χ0v) is 10.2. The summed E-state index contributed by atoms with van der Waals surface area (Å²) in [5, 5.41) is 6.01. The summed E-state index contributed by atoms with van der Waals surface area (Å²) in [6.45, 7) is 6.10. The molecular weight excluding hydrogens is 188 g/mol. The van der Waals surface area contributed by atoms with Crippen molar-refractivity contribution >= 4 is 5.91 Å². The van der Waals surface area contributed by atoms with Gasteiger partial charge in [-0.25, -0.2) is 0 Å². The van der Waals surface area contributed by atoms with Crippen LogP contribution in [0.4, 0.5) is 0 Å². The van der Waals surface area contributed by atoms with Gasteiger partial charge >= 0.3 is 0 Å². The molecule has 0 spiro atoms. The number of rotatable bonds is 6. The quantitative estimate of drug-likeness (QED) is 0.701. The van der Waals surface area contributed by atoms with E-state index in [-0.39, 0.29) is 11.3 Å². The number of carbonyl (C=O) groups is 1. The summed E-state index contributed by atoms with van der Waals surface area (Å²) in [4.78, 5) is 11.4. The Hall–Kier alpha value is -0.570. The first-order chi connectivity index (χ1) is 7.06. The van der Waals surface area contributed by atoms with Crippen LogP contribution in [0.25, 0.3) is 0 Å². The molecule has 2 N–H and O–H groups in total. The standard InChI is InChI=1S/C12H24N2O/c1-12(2,10-5-4-6-10)9-14-11(15)7-8-13-3/h10,13H,4-9H2,1-3H3,(H,14,15). The first-order valence-corrected chi connectivity index (χ1v) is 5.97. The highest BCUT2D eigenvalue weighted by atomic mass is 16.1. The molecule has 1 rings (SSSR count). The van der Waals surface area contributed by atoms with Crippen LogP contribution >= 0.6 is 0 Å². The first kappa shape index (κ1) is 12.5. The molecule has 3 heteroatoms. The SMILES string of the molecule is CNCCC(=O)NCC(C)(C)C1CCC1. The van der Waals surface area contributed by atoms with Crippen LogP contribution in [0.5, 0.6) is 0 Å². The van der Waals surface area contributed by atoms with E-state index in [1.807, 2.05) is 7.05 Å². The van der Waals surface area contributed by atoms with Crippen molar-refractivity contribution in [2.45, 2.75) is 39.5 Å². The highest BCUT2D eigenvalue weighted by Crippen LogP contribution is 2.41. The van der Waals surface area contributed by atoms with Crippen molar-refractivity contribution in [2.75, 3.05) is 20.1 Å². The minimum absolute atomic E-state index is 0.164. The molecule has 0 radical (unpaired) electrons. The number of nitrogens with one attached hydrogen (secondary N) is 2. The molecule has 0 unspecified atom stereocenters. The molecule has 0 atom stereocenters. The Morgan fingerprint density at radius 3 is 2.53 bits per heavy atom. The van der Waals surface area contributed by atoms with E-state index in [0.717, 1.165) is 19.0 Å². The average Bonchev–Trinajstić information content (AvgIpc) is 2.08. The maximum atomic E-state index is 11.4. The van der Waals surface area contributed by atoms with Gasteiger partial charge in [-0.2, -0.15) is 0 Å². The van der Waals surface area contributed by atoms with Crippen molar-refractivity contribution in [1.82, 2.24) is 10.6 Å². The molecule has 0 saturated heterocycles. The van der Waals surface area contributed by atoms with Gasteiger partial charge in [0.05, 0.1) is 0 Å². The molecule has 0 aliphatic heterocycles. The van der Waals surface area contributed by atoms with Gasteiger partial charge < -0.3 is 10.6 Å². The summed E-state index contributed by atoms with van der Waals surface area (Å²) in [7, 11) is 1.87. The third-order valence-electron chi connectivity index (χ3n) is 3.55. The van der Waals surface area contributed by atoms with Gasteiger partial charge in [0.1, 0.15) is 0 Å². The Labute approximate surface area is 93.0 Å². The zero-order chi connectivity index (χ0) is 11.3. The van der Waals surface area contributed by atoms with Crippen LogP contribution in [0.2, 0.25) is 0 Å². The lowest BCUT2D eigenvalue weighted by Gasteiger charge is -2.40. The molecule has 1 aliphatic carbocycles. The van der Waals surface area contributed by atoms with Crippen molar-refractivity contribution in [2.24, 2.45) is 11.3 Å². The number of carbonyl (C=O) groups excluding carboxylic acids is 1. The smallest absolute Gasteiger partial charge is 0.221 e. The van der Waals surface area contributed by atoms with Gasteiger partial charge in [0.25, 0.3) is 0 Å². The maximum absolute atomic E-state index is 11.4. The minimum atomic E-state index is 0.164. The highest BCUT2D eigenvalue weighted by Gasteiger charge is 2.33. The molecular formula is C12H24N2O. The van der Waals surface area contributed by atoms with Crippen LogP contribution in [-0.2, 0) is 4.79 Å². The molecule has 0 aromatic rings. The molecule has 15 heavy (non-hydrogen) atoms. The maximum Gasteiger partial charge on any atom is 0.221 e. The molecule has 0 heterocycles. The molecule has 88 valence electrons. The van der Waals surface area contributed by atoms with Gasteiger partial charge in [-0.05, 0) is 31.2 Å². The number of amides is 1. The normalized spacial score (nSPS) is 17.3. The van der Waals surface area contributed by atoms with Gasteiger partial charge in [0, 0.05) is 19.5 Å². The van der Waals surface area contributed by atoms with E-state index in [1.54, 1.807) is 0 Å². The molecule has 1 amide bonds. The van der Waals surface area contributed by atoms with E-state index >= 15 is 0 Å². The number of hydrogen-bond donors (Lipinski definition) is 2. The summed E-state index contributed by atoms with van der Waals surface area (Å²) < 4.78 is 0. The summed E-state index contributed by atoms with van der Waals surface area (Å²) in [5.74, 6) is 0.971. The Balaban J connectivity index is 2.19. The lowest BCUT2D eigenvalue weighted by atomic mass is 9.67. The second-order valence-corrected chi connectivity index (χ2v) is 5.25. The van der Waals surface area contributed by atoms with Crippen LogP contribution < -0.4 is 10.6 Å². The Morgan fingerprint density at radius 2 is 2.07 bits per heavy atom. The molecule has 1 saturated carbocycles. The fraction of sp³-hybridized carbons (Fsp3) is 0.917. The van der Waals surface area contributed by atoms with Crippen molar-refractivity contribution < 1.29 is 4.79 Å². The van der Waals surface area contributed by atoms with E-state index in [2.05, 4.69) is 24.5 Å². The van der Waals surface area contributed by atoms with Gasteiger partial charge in [-0.15, -0.1) is 0 Å². The van der Waals surface area contributed by atoms with Crippen LogP contribution in [0.1, 0.15) is 39.5 Å². The van der Waals surface area contributed by atoms with Crippen molar-refractivity contribution in [3.8, 4) is 0 Å². The average molecular weight is 212 g/mol. The second kappa shape index (κ2) is 5.50. The monoisotopic (exact) mass is 212 g/mol. The summed E-state index contributed by atoms with van der Waals surface area (Å²) in [5.41, 5.74) is 0.271.